The summed E-state index contributed by atoms with van der Waals surface area (Å²) in [5.41, 5.74) is 0. The Labute approximate surface area is 201 Å². The van der Waals surface area contributed by atoms with Crippen LogP contribution in [0.4, 0.5) is 0 Å². The van der Waals surface area contributed by atoms with Crippen LogP contribution in [0.25, 0.3) is 0 Å². The lowest BCUT2D eigenvalue weighted by Gasteiger charge is -2.33. The molecule has 1 saturated carbocycles. The number of nitrogens with zero attached hydrogens (tertiary/aromatic N) is 2. The van der Waals surface area contributed by atoms with Crippen LogP contribution in [0.3, 0.4) is 0 Å². The van der Waals surface area contributed by atoms with Gasteiger partial charge in [0.15, 0.2) is 5.96 Å². The SMILES string of the molecule is CCNC(=NCC(c1ccco1)N1CCCCC1)NC1CCCC(S(=O)CC)C1.I. The molecule has 1 aromatic heterocycles. The van der Waals surface area contributed by atoms with E-state index in [9.17, 15) is 4.21 Å². The zero-order chi connectivity index (χ0) is 20.5. The van der Waals surface area contributed by atoms with Crippen LogP contribution >= 0.6 is 24.0 Å². The summed E-state index contributed by atoms with van der Waals surface area (Å²) in [6.07, 6.45) is 9.88. The van der Waals surface area contributed by atoms with Gasteiger partial charge in [-0.25, -0.2) is 0 Å². The molecule has 0 aromatic carbocycles. The summed E-state index contributed by atoms with van der Waals surface area (Å²) >= 11 is 0. The maximum atomic E-state index is 12.3. The summed E-state index contributed by atoms with van der Waals surface area (Å²) in [4.78, 5) is 7.46. The zero-order valence-corrected chi connectivity index (χ0v) is 21.6. The highest BCUT2D eigenvalue weighted by Crippen LogP contribution is 2.26. The van der Waals surface area contributed by atoms with Crippen LogP contribution in [0.15, 0.2) is 27.8 Å². The summed E-state index contributed by atoms with van der Waals surface area (Å²) in [6, 6.07) is 4.57. The zero-order valence-electron chi connectivity index (χ0n) is 18.5. The Bertz CT molecular complexity index is 650. The molecular formula is C22H39IN4O2S. The molecule has 4 unspecified atom stereocenters. The second-order valence-corrected chi connectivity index (χ2v) is 10.2. The van der Waals surface area contributed by atoms with Crippen LogP contribution < -0.4 is 10.6 Å². The number of piperidine rings is 1. The fourth-order valence-electron chi connectivity index (χ4n) is 4.54. The van der Waals surface area contributed by atoms with E-state index in [0.29, 0.717) is 17.8 Å². The number of likely N-dealkylation sites (tertiary alicyclic amines) is 1. The highest BCUT2D eigenvalue weighted by atomic mass is 127. The number of guanidine groups is 1. The van der Waals surface area contributed by atoms with Crippen molar-refractivity contribution < 1.29 is 8.63 Å². The topological polar surface area (TPSA) is 69.9 Å². The molecular weight excluding hydrogens is 511 g/mol. The lowest BCUT2D eigenvalue weighted by Crippen LogP contribution is -2.47. The van der Waals surface area contributed by atoms with E-state index >= 15 is 0 Å². The molecule has 1 saturated heterocycles. The van der Waals surface area contributed by atoms with Crippen molar-refractivity contribution in [1.82, 2.24) is 15.5 Å². The second kappa shape index (κ2) is 13.7. The molecule has 2 heterocycles. The summed E-state index contributed by atoms with van der Waals surface area (Å²) < 4.78 is 18.0. The van der Waals surface area contributed by atoms with E-state index in [4.69, 9.17) is 9.41 Å². The molecule has 1 aromatic rings. The predicted octanol–water partition coefficient (Wildman–Crippen LogP) is 4.06. The van der Waals surface area contributed by atoms with Crippen LogP contribution in [0.1, 0.15) is 70.6 Å². The van der Waals surface area contributed by atoms with Crippen molar-refractivity contribution in [3.63, 3.8) is 0 Å². The molecule has 0 amide bonds. The Balaban J connectivity index is 0.00000320. The first kappa shape index (κ1) is 25.6. The largest absolute Gasteiger partial charge is 0.468 e. The van der Waals surface area contributed by atoms with Gasteiger partial charge in [0.25, 0.3) is 0 Å². The maximum absolute atomic E-state index is 12.3. The molecule has 0 radical (unpaired) electrons. The minimum Gasteiger partial charge on any atom is -0.468 e. The van der Waals surface area contributed by atoms with Gasteiger partial charge >= 0.3 is 0 Å². The van der Waals surface area contributed by atoms with Crippen LogP contribution in [-0.2, 0) is 10.8 Å². The van der Waals surface area contributed by atoms with Gasteiger partial charge < -0.3 is 15.1 Å². The summed E-state index contributed by atoms with van der Waals surface area (Å²) in [5, 5.41) is 7.35. The number of furan rings is 1. The Morgan fingerprint density at radius 2 is 2.07 bits per heavy atom. The van der Waals surface area contributed by atoms with Crippen molar-refractivity contribution in [2.75, 3.05) is 31.9 Å². The minimum atomic E-state index is -0.707. The second-order valence-electron chi connectivity index (χ2n) is 8.15. The van der Waals surface area contributed by atoms with Gasteiger partial charge in [-0.15, -0.1) is 24.0 Å². The van der Waals surface area contributed by atoms with E-state index in [1.165, 1.54) is 19.3 Å². The third kappa shape index (κ3) is 7.51. The van der Waals surface area contributed by atoms with Crippen LogP contribution in [0.2, 0.25) is 0 Å². The fraction of sp³-hybridized carbons (Fsp3) is 0.773. The van der Waals surface area contributed by atoms with E-state index in [1.807, 2.05) is 13.0 Å². The van der Waals surface area contributed by atoms with Gasteiger partial charge in [0.1, 0.15) is 5.76 Å². The Hall–Kier alpha value is -0.610. The van der Waals surface area contributed by atoms with E-state index in [1.54, 1.807) is 6.26 Å². The Morgan fingerprint density at radius 3 is 2.73 bits per heavy atom. The normalized spacial score (nSPS) is 25.2. The van der Waals surface area contributed by atoms with Gasteiger partial charge in [0.05, 0.1) is 18.8 Å². The summed E-state index contributed by atoms with van der Waals surface area (Å²) in [5.74, 6) is 2.63. The van der Waals surface area contributed by atoms with Crippen molar-refractivity contribution in [3.8, 4) is 0 Å². The predicted molar refractivity (Wildman–Crippen MR) is 136 cm³/mol. The molecule has 30 heavy (non-hydrogen) atoms. The quantitative estimate of drug-likeness (QED) is 0.290. The van der Waals surface area contributed by atoms with Gasteiger partial charge in [-0.1, -0.05) is 19.8 Å². The van der Waals surface area contributed by atoms with E-state index in [0.717, 1.165) is 62.8 Å². The highest BCUT2D eigenvalue weighted by molar-refractivity contribution is 14.0. The van der Waals surface area contributed by atoms with Gasteiger partial charge in [-0.05, 0) is 64.3 Å². The van der Waals surface area contributed by atoms with Crippen molar-refractivity contribution in [1.29, 1.82) is 0 Å². The van der Waals surface area contributed by atoms with Gasteiger partial charge in [-0.3, -0.25) is 14.1 Å². The molecule has 3 rings (SSSR count). The van der Waals surface area contributed by atoms with E-state index in [-0.39, 0.29) is 30.0 Å². The maximum Gasteiger partial charge on any atom is 0.191 e. The Kier molecular flexibility index (Phi) is 11.7. The fourth-order valence-corrected chi connectivity index (χ4v) is 5.89. The first-order valence-corrected chi connectivity index (χ1v) is 12.8. The minimum absolute atomic E-state index is 0. The summed E-state index contributed by atoms with van der Waals surface area (Å²) in [6.45, 7) is 7.85. The van der Waals surface area contributed by atoms with Crippen molar-refractivity contribution in [3.05, 3.63) is 24.2 Å². The molecule has 2 fully saturated rings. The molecule has 1 aliphatic carbocycles. The monoisotopic (exact) mass is 550 g/mol. The number of rotatable bonds is 8. The summed E-state index contributed by atoms with van der Waals surface area (Å²) in [7, 11) is -0.707. The Morgan fingerprint density at radius 1 is 1.27 bits per heavy atom. The number of nitrogens with one attached hydrogen (secondary N) is 2. The highest BCUT2D eigenvalue weighted by Gasteiger charge is 2.27. The van der Waals surface area contributed by atoms with Crippen molar-refractivity contribution in [2.45, 2.75) is 76.1 Å². The van der Waals surface area contributed by atoms with Crippen molar-refractivity contribution >= 4 is 40.7 Å². The van der Waals surface area contributed by atoms with Gasteiger partial charge in [-0.2, -0.15) is 0 Å². The lowest BCUT2D eigenvalue weighted by molar-refractivity contribution is 0.150. The lowest BCUT2D eigenvalue weighted by atomic mass is 9.95. The molecule has 0 bridgehead atoms. The molecule has 2 aliphatic rings. The molecule has 4 atom stereocenters. The first-order chi connectivity index (χ1) is 14.2. The standard InChI is InChI=1S/C22H38N4O2S.HI/c1-3-23-22(25-18-10-8-11-19(16-18)29(27)4-2)24-17-20(21-12-9-15-28-21)26-13-6-5-7-14-26;/h9,12,15,18-20H,3-8,10-11,13-14,16-17H2,1-2H3,(H2,23,24,25);1H. The average molecular weight is 551 g/mol. The third-order valence-corrected chi connectivity index (χ3v) is 7.83. The smallest absolute Gasteiger partial charge is 0.191 e. The van der Waals surface area contributed by atoms with E-state index in [2.05, 4.69) is 28.5 Å². The number of hydrogen-bond donors (Lipinski definition) is 2. The third-order valence-electron chi connectivity index (χ3n) is 6.09. The van der Waals surface area contributed by atoms with Crippen molar-refractivity contribution in [2.24, 2.45) is 4.99 Å². The van der Waals surface area contributed by atoms with Crippen LogP contribution in [-0.4, -0.2) is 58.3 Å². The van der Waals surface area contributed by atoms with E-state index < -0.39 is 10.8 Å². The molecule has 8 heteroatoms. The molecule has 6 nitrogen and oxygen atoms in total. The van der Waals surface area contributed by atoms with Gasteiger partial charge in [0, 0.05) is 34.4 Å². The molecule has 172 valence electrons. The molecule has 0 spiro atoms. The average Bonchev–Trinajstić information content (AvgIpc) is 3.29. The van der Waals surface area contributed by atoms with Crippen LogP contribution in [0.5, 0.6) is 0 Å². The van der Waals surface area contributed by atoms with Gasteiger partial charge in [0.2, 0.25) is 0 Å². The number of hydrogen-bond acceptors (Lipinski definition) is 4. The molecule has 2 N–H and O–H groups in total. The van der Waals surface area contributed by atoms with Crippen LogP contribution in [0, 0.1) is 0 Å². The number of halogens is 1. The number of aliphatic imine (C=N–C) groups is 1. The first-order valence-electron chi connectivity index (χ1n) is 11.4. The molecule has 1 aliphatic heterocycles.